The summed E-state index contributed by atoms with van der Waals surface area (Å²) in [5.74, 6) is -1.21. The minimum absolute atomic E-state index is 0.166. The molecule has 3 N–H and O–H groups in total. The van der Waals surface area contributed by atoms with E-state index < -0.39 is 18.0 Å². The number of carboxylic acid groups (broad SMARTS) is 1. The third-order valence-electron chi connectivity index (χ3n) is 2.74. The molecular weight excluding hydrogens is 250 g/mol. The summed E-state index contributed by atoms with van der Waals surface area (Å²) in [4.78, 5) is 35.1. The van der Waals surface area contributed by atoms with Crippen LogP contribution in [0.2, 0.25) is 0 Å². The molecule has 0 radical (unpaired) electrons. The summed E-state index contributed by atoms with van der Waals surface area (Å²) < 4.78 is 0. The number of urea groups is 1. The average Bonchev–Trinajstić information content (AvgIpc) is 2.39. The molecule has 0 fully saturated rings. The fourth-order valence-electron chi connectivity index (χ4n) is 1.42. The molecule has 0 aliphatic rings. The minimum atomic E-state index is -1.04. The van der Waals surface area contributed by atoms with Crippen LogP contribution < -0.4 is 10.6 Å². The van der Waals surface area contributed by atoms with E-state index in [1.807, 2.05) is 6.92 Å². The van der Waals surface area contributed by atoms with Gasteiger partial charge in [0.1, 0.15) is 6.04 Å². The van der Waals surface area contributed by atoms with Gasteiger partial charge in [-0.05, 0) is 6.42 Å². The standard InChI is InChI=1S/C12H23N3O4/c1-4-5-6-9(11(17)18)14-12(19)15(3)8-7-10(16)13-2/h9H,4-8H2,1-3H3,(H,13,16)(H,14,19)(H,17,18). The second-order valence-electron chi connectivity index (χ2n) is 4.33. The zero-order valence-electron chi connectivity index (χ0n) is 11.7. The summed E-state index contributed by atoms with van der Waals surface area (Å²) in [7, 11) is 3.05. The monoisotopic (exact) mass is 273 g/mol. The molecule has 19 heavy (non-hydrogen) atoms. The fourth-order valence-corrected chi connectivity index (χ4v) is 1.42. The lowest BCUT2D eigenvalue weighted by Crippen LogP contribution is -2.47. The Kier molecular flexibility index (Phi) is 8.32. The van der Waals surface area contributed by atoms with Crippen molar-refractivity contribution in [3.63, 3.8) is 0 Å². The van der Waals surface area contributed by atoms with E-state index in [1.165, 1.54) is 19.0 Å². The number of unbranched alkanes of at least 4 members (excludes halogenated alkanes) is 1. The summed E-state index contributed by atoms with van der Waals surface area (Å²) >= 11 is 0. The quantitative estimate of drug-likeness (QED) is 0.596. The first-order chi connectivity index (χ1) is 8.92. The van der Waals surface area contributed by atoms with E-state index in [0.29, 0.717) is 6.42 Å². The van der Waals surface area contributed by atoms with Crippen molar-refractivity contribution in [2.75, 3.05) is 20.6 Å². The van der Waals surface area contributed by atoms with Crippen LogP contribution in [0.5, 0.6) is 0 Å². The Morgan fingerprint density at radius 2 is 1.95 bits per heavy atom. The van der Waals surface area contributed by atoms with Gasteiger partial charge in [0, 0.05) is 27.1 Å². The van der Waals surface area contributed by atoms with Gasteiger partial charge < -0.3 is 20.6 Å². The first-order valence-corrected chi connectivity index (χ1v) is 6.37. The molecule has 3 amide bonds. The molecule has 0 aromatic carbocycles. The molecule has 0 aliphatic carbocycles. The fraction of sp³-hybridized carbons (Fsp3) is 0.750. The Bertz CT molecular complexity index is 320. The Balaban J connectivity index is 4.23. The van der Waals surface area contributed by atoms with Gasteiger partial charge in [-0.3, -0.25) is 4.79 Å². The normalized spacial score (nSPS) is 11.5. The van der Waals surface area contributed by atoms with E-state index >= 15 is 0 Å². The predicted molar refractivity (Wildman–Crippen MR) is 70.8 cm³/mol. The van der Waals surface area contributed by atoms with Gasteiger partial charge in [-0.1, -0.05) is 19.8 Å². The van der Waals surface area contributed by atoms with Crippen LogP contribution in [-0.4, -0.2) is 54.6 Å². The van der Waals surface area contributed by atoms with E-state index in [1.54, 1.807) is 0 Å². The maximum absolute atomic E-state index is 11.7. The van der Waals surface area contributed by atoms with Crippen LogP contribution in [0.1, 0.15) is 32.6 Å². The molecule has 0 aromatic rings. The van der Waals surface area contributed by atoms with Gasteiger partial charge in [-0.25, -0.2) is 9.59 Å². The molecule has 0 bridgehead atoms. The molecular formula is C12H23N3O4. The zero-order chi connectivity index (χ0) is 14.8. The van der Waals surface area contributed by atoms with Crippen LogP contribution in [0.25, 0.3) is 0 Å². The minimum Gasteiger partial charge on any atom is -0.480 e. The molecule has 0 saturated heterocycles. The number of hydrogen-bond donors (Lipinski definition) is 3. The molecule has 0 rings (SSSR count). The lowest BCUT2D eigenvalue weighted by atomic mass is 10.1. The maximum atomic E-state index is 11.7. The highest BCUT2D eigenvalue weighted by Crippen LogP contribution is 2.02. The molecule has 0 aromatic heterocycles. The summed E-state index contributed by atoms with van der Waals surface area (Å²) in [6.45, 7) is 2.20. The first-order valence-electron chi connectivity index (χ1n) is 6.37. The van der Waals surface area contributed by atoms with Gasteiger partial charge in [0.2, 0.25) is 5.91 Å². The smallest absolute Gasteiger partial charge is 0.326 e. The first kappa shape index (κ1) is 17.2. The van der Waals surface area contributed by atoms with Crippen molar-refractivity contribution in [1.29, 1.82) is 0 Å². The van der Waals surface area contributed by atoms with Crippen molar-refractivity contribution >= 4 is 17.9 Å². The maximum Gasteiger partial charge on any atom is 0.326 e. The van der Waals surface area contributed by atoms with E-state index in [0.717, 1.165) is 12.8 Å². The van der Waals surface area contributed by atoms with Gasteiger partial charge in [-0.15, -0.1) is 0 Å². The second kappa shape index (κ2) is 9.18. The molecule has 1 unspecified atom stereocenters. The van der Waals surface area contributed by atoms with Crippen LogP contribution in [0.15, 0.2) is 0 Å². The van der Waals surface area contributed by atoms with Crippen molar-refractivity contribution in [3.8, 4) is 0 Å². The summed E-state index contributed by atoms with van der Waals surface area (Å²) in [6.07, 6.45) is 2.19. The number of nitrogens with one attached hydrogen (secondary N) is 2. The third kappa shape index (κ3) is 7.28. The summed E-state index contributed by atoms with van der Waals surface area (Å²) in [5.41, 5.74) is 0. The number of rotatable bonds is 8. The molecule has 7 heteroatoms. The molecule has 0 heterocycles. The number of aliphatic carboxylic acids is 1. The van der Waals surface area contributed by atoms with Crippen molar-refractivity contribution in [2.45, 2.75) is 38.6 Å². The molecule has 0 saturated carbocycles. The number of carboxylic acids is 1. The summed E-state index contributed by atoms with van der Waals surface area (Å²) in [6, 6.07) is -1.36. The van der Waals surface area contributed by atoms with Crippen molar-refractivity contribution in [3.05, 3.63) is 0 Å². The van der Waals surface area contributed by atoms with E-state index in [2.05, 4.69) is 10.6 Å². The van der Waals surface area contributed by atoms with E-state index in [4.69, 9.17) is 5.11 Å². The lowest BCUT2D eigenvalue weighted by molar-refractivity contribution is -0.139. The van der Waals surface area contributed by atoms with Gasteiger partial charge >= 0.3 is 12.0 Å². The number of carbonyl (C=O) groups excluding carboxylic acids is 2. The van der Waals surface area contributed by atoms with Crippen molar-refractivity contribution < 1.29 is 19.5 Å². The Morgan fingerprint density at radius 1 is 1.32 bits per heavy atom. The van der Waals surface area contributed by atoms with Crippen LogP contribution in [0.4, 0.5) is 4.79 Å². The van der Waals surface area contributed by atoms with Crippen LogP contribution >= 0.6 is 0 Å². The highest BCUT2D eigenvalue weighted by molar-refractivity contribution is 5.83. The molecule has 0 aliphatic heterocycles. The Morgan fingerprint density at radius 3 is 2.42 bits per heavy atom. The number of hydrogen-bond acceptors (Lipinski definition) is 3. The topological polar surface area (TPSA) is 98.7 Å². The predicted octanol–water partition coefficient (Wildman–Crippen LogP) is 0.407. The van der Waals surface area contributed by atoms with Crippen molar-refractivity contribution in [1.82, 2.24) is 15.5 Å². The second-order valence-corrected chi connectivity index (χ2v) is 4.33. The number of carbonyl (C=O) groups is 3. The van der Waals surface area contributed by atoms with E-state index in [9.17, 15) is 14.4 Å². The van der Waals surface area contributed by atoms with Gasteiger partial charge in [0.25, 0.3) is 0 Å². The molecule has 1 atom stereocenters. The summed E-state index contributed by atoms with van der Waals surface area (Å²) in [5, 5.41) is 13.9. The van der Waals surface area contributed by atoms with Gasteiger partial charge in [0.05, 0.1) is 0 Å². The lowest BCUT2D eigenvalue weighted by Gasteiger charge is -2.21. The van der Waals surface area contributed by atoms with Gasteiger partial charge in [-0.2, -0.15) is 0 Å². The Hall–Kier alpha value is -1.79. The largest absolute Gasteiger partial charge is 0.480 e. The Labute approximate surface area is 113 Å². The van der Waals surface area contributed by atoms with Crippen LogP contribution in [0, 0.1) is 0 Å². The van der Waals surface area contributed by atoms with Crippen LogP contribution in [-0.2, 0) is 9.59 Å². The molecule has 7 nitrogen and oxygen atoms in total. The highest BCUT2D eigenvalue weighted by Gasteiger charge is 2.21. The molecule has 0 spiro atoms. The van der Waals surface area contributed by atoms with Crippen LogP contribution in [0.3, 0.4) is 0 Å². The third-order valence-corrected chi connectivity index (χ3v) is 2.74. The van der Waals surface area contributed by atoms with Gasteiger partial charge in [0.15, 0.2) is 0 Å². The number of nitrogens with zero attached hydrogens (tertiary/aromatic N) is 1. The average molecular weight is 273 g/mol. The van der Waals surface area contributed by atoms with Crippen molar-refractivity contribution in [2.24, 2.45) is 0 Å². The highest BCUT2D eigenvalue weighted by atomic mass is 16.4. The zero-order valence-corrected chi connectivity index (χ0v) is 11.7. The SMILES string of the molecule is CCCCC(NC(=O)N(C)CCC(=O)NC)C(=O)O. The molecule has 110 valence electrons. The van der Waals surface area contributed by atoms with E-state index in [-0.39, 0.29) is 18.9 Å². The number of amides is 3.